The largest absolute Gasteiger partial charge is 0.468 e. The van der Waals surface area contributed by atoms with Crippen LogP contribution in [0.2, 0.25) is 0 Å². The molecule has 1 aliphatic heterocycles. The van der Waals surface area contributed by atoms with Crippen LogP contribution in [0.15, 0.2) is 46.0 Å². The molecule has 0 spiro atoms. The van der Waals surface area contributed by atoms with Crippen molar-refractivity contribution in [1.82, 2.24) is 14.9 Å². The minimum Gasteiger partial charge on any atom is -0.468 e. The van der Waals surface area contributed by atoms with Gasteiger partial charge < -0.3 is 4.42 Å². The van der Waals surface area contributed by atoms with E-state index in [0.717, 1.165) is 43.9 Å². The van der Waals surface area contributed by atoms with Crippen molar-refractivity contribution < 1.29 is 4.42 Å². The van der Waals surface area contributed by atoms with Gasteiger partial charge in [0.1, 0.15) is 12.1 Å². The SMILES string of the molecule is c1coc(CN2CCc3ncnc(-c4ccsc4)c3CC2)c1. The molecule has 0 bridgehead atoms. The van der Waals surface area contributed by atoms with Crippen LogP contribution in [-0.2, 0) is 19.4 Å². The molecule has 1 aliphatic rings. The number of thiophene rings is 1. The third-order valence-corrected chi connectivity index (χ3v) is 4.81. The highest BCUT2D eigenvalue weighted by molar-refractivity contribution is 7.08. The minimum absolute atomic E-state index is 0.863. The average Bonchev–Trinajstić information content (AvgIpc) is 3.20. The Kier molecular flexibility index (Phi) is 3.74. The Morgan fingerprint density at radius 1 is 1.18 bits per heavy atom. The molecule has 5 heteroatoms. The lowest BCUT2D eigenvalue weighted by atomic mass is 10.0. The van der Waals surface area contributed by atoms with Gasteiger partial charge in [0, 0.05) is 41.7 Å². The maximum Gasteiger partial charge on any atom is 0.117 e. The van der Waals surface area contributed by atoms with Crippen molar-refractivity contribution in [2.24, 2.45) is 0 Å². The van der Waals surface area contributed by atoms with Gasteiger partial charge in [-0.05, 0) is 30.0 Å². The molecule has 0 fully saturated rings. The van der Waals surface area contributed by atoms with Crippen LogP contribution in [0.1, 0.15) is 17.0 Å². The molecule has 4 nitrogen and oxygen atoms in total. The summed E-state index contributed by atoms with van der Waals surface area (Å²) in [6.07, 6.45) is 5.40. The summed E-state index contributed by atoms with van der Waals surface area (Å²) in [5.74, 6) is 1.02. The van der Waals surface area contributed by atoms with Crippen molar-refractivity contribution in [3.05, 3.63) is 58.6 Å². The molecule has 112 valence electrons. The maximum absolute atomic E-state index is 5.47. The molecule has 4 rings (SSSR count). The molecule has 3 aromatic rings. The van der Waals surface area contributed by atoms with Gasteiger partial charge >= 0.3 is 0 Å². The van der Waals surface area contributed by atoms with E-state index >= 15 is 0 Å². The Morgan fingerprint density at radius 3 is 2.95 bits per heavy atom. The van der Waals surface area contributed by atoms with Gasteiger partial charge in [0.05, 0.1) is 18.5 Å². The number of hydrogen-bond acceptors (Lipinski definition) is 5. The van der Waals surface area contributed by atoms with Crippen LogP contribution in [0.5, 0.6) is 0 Å². The molecule has 0 N–H and O–H groups in total. The Morgan fingerprint density at radius 2 is 2.14 bits per heavy atom. The average molecular weight is 311 g/mol. The zero-order valence-corrected chi connectivity index (χ0v) is 13.1. The Labute approximate surface area is 133 Å². The molecule has 4 heterocycles. The van der Waals surface area contributed by atoms with E-state index in [-0.39, 0.29) is 0 Å². The zero-order chi connectivity index (χ0) is 14.8. The van der Waals surface area contributed by atoms with E-state index in [9.17, 15) is 0 Å². The normalized spacial score (nSPS) is 15.5. The first-order chi connectivity index (χ1) is 10.9. The van der Waals surface area contributed by atoms with Gasteiger partial charge in [-0.25, -0.2) is 9.97 Å². The van der Waals surface area contributed by atoms with Gasteiger partial charge in [0.2, 0.25) is 0 Å². The molecule has 0 amide bonds. The van der Waals surface area contributed by atoms with Crippen molar-refractivity contribution in [2.45, 2.75) is 19.4 Å². The molecule has 0 atom stereocenters. The smallest absolute Gasteiger partial charge is 0.117 e. The number of fused-ring (bicyclic) bond motifs is 1. The van der Waals surface area contributed by atoms with E-state index in [1.54, 1.807) is 23.9 Å². The van der Waals surface area contributed by atoms with E-state index in [2.05, 4.69) is 31.7 Å². The highest BCUT2D eigenvalue weighted by Crippen LogP contribution is 2.27. The molecular formula is C17H17N3OS. The lowest BCUT2D eigenvalue weighted by Gasteiger charge is -2.17. The lowest BCUT2D eigenvalue weighted by Crippen LogP contribution is -2.25. The van der Waals surface area contributed by atoms with Crippen molar-refractivity contribution in [3.63, 3.8) is 0 Å². The fourth-order valence-electron chi connectivity index (χ4n) is 3.00. The van der Waals surface area contributed by atoms with Crippen LogP contribution >= 0.6 is 11.3 Å². The summed E-state index contributed by atoms with van der Waals surface area (Å²) >= 11 is 1.71. The van der Waals surface area contributed by atoms with Gasteiger partial charge in [0.15, 0.2) is 0 Å². The number of furan rings is 1. The first-order valence-electron chi connectivity index (χ1n) is 7.50. The Bertz CT molecular complexity index is 737. The second kappa shape index (κ2) is 6.02. The summed E-state index contributed by atoms with van der Waals surface area (Å²) < 4.78 is 5.47. The first-order valence-corrected chi connectivity index (χ1v) is 8.44. The highest BCUT2D eigenvalue weighted by atomic mass is 32.1. The van der Waals surface area contributed by atoms with Crippen molar-refractivity contribution in [3.8, 4) is 11.3 Å². The van der Waals surface area contributed by atoms with Gasteiger partial charge in [-0.3, -0.25) is 4.90 Å². The quantitative estimate of drug-likeness (QED) is 0.743. The topological polar surface area (TPSA) is 42.2 Å². The number of hydrogen-bond donors (Lipinski definition) is 0. The Hall–Kier alpha value is -1.98. The predicted octanol–water partition coefficient (Wildman–Crippen LogP) is 3.40. The van der Waals surface area contributed by atoms with E-state index in [1.165, 1.54) is 16.8 Å². The number of nitrogens with zero attached hydrogens (tertiary/aromatic N) is 3. The molecule has 0 radical (unpaired) electrons. The van der Waals surface area contributed by atoms with Crippen LogP contribution in [-0.4, -0.2) is 28.0 Å². The molecule has 22 heavy (non-hydrogen) atoms. The minimum atomic E-state index is 0.863. The van der Waals surface area contributed by atoms with Crippen molar-refractivity contribution in [1.29, 1.82) is 0 Å². The van der Waals surface area contributed by atoms with Gasteiger partial charge in [-0.1, -0.05) is 0 Å². The van der Waals surface area contributed by atoms with Gasteiger partial charge in [0.25, 0.3) is 0 Å². The summed E-state index contributed by atoms with van der Waals surface area (Å²) in [5, 5.41) is 4.26. The van der Waals surface area contributed by atoms with E-state index in [1.807, 2.05) is 12.1 Å². The number of rotatable bonds is 3. The molecule has 0 unspecified atom stereocenters. The number of aromatic nitrogens is 2. The monoisotopic (exact) mass is 311 g/mol. The molecule has 0 aromatic carbocycles. The van der Waals surface area contributed by atoms with Crippen LogP contribution in [0, 0.1) is 0 Å². The maximum atomic E-state index is 5.47. The molecule has 3 aromatic heterocycles. The molecule has 0 saturated carbocycles. The third-order valence-electron chi connectivity index (χ3n) is 4.13. The summed E-state index contributed by atoms with van der Waals surface area (Å²) in [6.45, 7) is 2.88. The lowest BCUT2D eigenvalue weighted by molar-refractivity contribution is 0.255. The fraction of sp³-hybridized carbons (Fsp3) is 0.294. The van der Waals surface area contributed by atoms with Crippen LogP contribution in [0.25, 0.3) is 11.3 Å². The summed E-state index contributed by atoms with van der Waals surface area (Å²) in [5.41, 5.74) is 4.82. The van der Waals surface area contributed by atoms with E-state index in [0.29, 0.717) is 0 Å². The van der Waals surface area contributed by atoms with Gasteiger partial charge in [-0.2, -0.15) is 11.3 Å². The summed E-state index contributed by atoms with van der Waals surface area (Å²) in [4.78, 5) is 11.5. The standard InChI is InChI=1S/C17H17N3OS/c1-2-14(21-8-1)10-20-6-3-15-16(4-7-20)18-12-19-17(15)13-5-9-22-11-13/h1-2,5,8-9,11-12H,3-4,6-7,10H2. The Balaban J connectivity index is 1.58. The zero-order valence-electron chi connectivity index (χ0n) is 12.2. The van der Waals surface area contributed by atoms with Crippen LogP contribution < -0.4 is 0 Å². The molecular weight excluding hydrogens is 294 g/mol. The van der Waals surface area contributed by atoms with E-state index in [4.69, 9.17) is 4.42 Å². The van der Waals surface area contributed by atoms with Crippen LogP contribution in [0.4, 0.5) is 0 Å². The second-order valence-corrected chi connectivity index (χ2v) is 6.30. The molecule has 0 aliphatic carbocycles. The molecule has 0 saturated heterocycles. The fourth-order valence-corrected chi connectivity index (χ4v) is 3.64. The first kappa shape index (κ1) is 13.7. The summed E-state index contributed by atoms with van der Waals surface area (Å²) in [6, 6.07) is 6.12. The van der Waals surface area contributed by atoms with Crippen LogP contribution in [0.3, 0.4) is 0 Å². The van der Waals surface area contributed by atoms with Crippen molar-refractivity contribution >= 4 is 11.3 Å². The van der Waals surface area contributed by atoms with Crippen molar-refractivity contribution in [2.75, 3.05) is 13.1 Å². The van der Waals surface area contributed by atoms with Gasteiger partial charge in [-0.15, -0.1) is 0 Å². The summed E-state index contributed by atoms with van der Waals surface area (Å²) in [7, 11) is 0. The second-order valence-electron chi connectivity index (χ2n) is 5.52. The van der Waals surface area contributed by atoms with E-state index < -0.39 is 0 Å². The predicted molar refractivity (Wildman–Crippen MR) is 86.7 cm³/mol. The third kappa shape index (κ3) is 2.69. The highest BCUT2D eigenvalue weighted by Gasteiger charge is 2.19.